The van der Waals surface area contributed by atoms with E-state index in [1.807, 2.05) is 37.3 Å². The number of carbonyl (C=O) groups excluding carboxylic acids is 1. The Kier molecular flexibility index (Phi) is 3.44. The van der Waals surface area contributed by atoms with Crippen molar-refractivity contribution < 1.29 is 4.79 Å². The van der Waals surface area contributed by atoms with Crippen LogP contribution in [0.4, 0.5) is 10.5 Å². The van der Waals surface area contributed by atoms with Crippen molar-refractivity contribution in [1.82, 2.24) is 5.32 Å². The van der Waals surface area contributed by atoms with E-state index in [2.05, 4.69) is 5.32 Å². The number of benzene rings is 1. The van der Waals surface area contributed by atoms with Crippen LogP contribution < -0.4 is 10.2 Å². The summed E-state index contributed by atoms with van der Waals surface area (Å²) in [6, 6.07) is 10.2. The van der Waals surface area contributed by atoms with Crippen molar-refractivity contribution in [2.24, 2.45) is 0 Å². The first-order valence-electron chi connectivity index (χ1n) is 5.94. The highest BCUT2D eigenvalue weighted by molar-refractivity contribution is 5.92. The average molecular weight is 218 g/mol. The molecule has 0 atom stereocenters. The molecule has 3 nitrogen and oxygen atoms in total. The fraction of sp³-hybridized carbons (Fsp3) is 0.462. The van der Waals surface area contributed by atoms with Gasteiger partial charge in [-0.25, -0.2) is 4.79 Å². The molecule has 1 aromatic carbocycles. The molecule has 0 saturated heterocycles. The van der Waals surface area contributed by atoms with Gasteiger partial charge in [-0.15, -0.1) is 0 Å². The van der Waals surface area contributed by atoms with Crippen LogP contribution in [0.25, 0.3) is 0 Å². The van der Waals surface area contributed by atoms with Crippen molar-refractivity contribution in [3.05, 3.63) is 30.3 Å². The smallest absolute Gasteiger partial charge is 0.322 e. The summed E-state index contributed by atoms with van der Waals surface area (Å²) in [6.45, 7) is 2.69. The van der Waals surface area contributed by atoms with Crippen LogP contribution in [0.15, 0.2) is 30.3 Å². The minimum absolute atomic E-state index is 0.0263. The number of hydrogen-bond donors (Lipinski definition) is 1. The van der Waals surface area contributed by atoms with E-state index in [-0.39, 0.29) is 6.03 Å². The van der Waals surface area contributed by atoms with E-state index >= 15 is 0 Å². The standard InChI is InChI=1S/C13H18N2O/c1-2-15(12-9-4-3-5-10-12)13(16)14-11-7-6-8-11/h3-5,9-11H,2,6-8H2,1H3,(H,14,16). The lowest BCUT2D eigenvalue weighted by Gasteiger charge is -2.30. The first kappa shape index (κ1) is 11.0. The third-order valence-corrected chi connectivity index (χ3v) is 3.06. The summed E-state index contributed by atoms with van der Waals surface area (Å²) in [5.74, 6) is 0. The third-order valence-electron chi connectivity index (χ3n) is 3.06. The number of para-hydroxylation sites is 1. The molecule has 1 aliphatic rings. The van der Waals surface area contributed by atoms with Gasteiger partial charge in [0.1, 0.15) is 0 Å². The number of nitrogens with one attached hydrogen (secondary N) is 1. The lowest BCUT2D eigenvalue weighted by Crippen LogP contribution is -2.47. The lowest BCUT2D eigenvalue weighted by atomic mass is 9.93. The van der Waals surface area contributed by atoms with Gasteiger partial charge >= 0.3 is 6.03 Å². The number of anilines is 1. The van der Waals surface area contributed by atoms with Crippen LogP contribution in [0.1, 0.15) is 26.2 Å². The van der Waals surface area contributed by atoms with Crippen molar-refractivity contribution >= 4 is 11.7 Å². The van der Waals surface area contributed by atoms with Gasteiger partial charge in [-0.3, -0.25) is 4.90 Å². The second-order valence-corrected chi connectivity index (χ2v) is 4.16. The number of urea groups is 1. The minimum Gasteiger partial charge on any atom is -0.335 e. The zero-order valence-electron chi connectivity index (χ0n) is 9.65. The van der Waals surface area contributed by atoms with Gasteiger partial charge in [-0.1, -0.05) is 18.2 Å². The van der Waals surface area contributed by atoms with Gasteiger partial charge in [0, 0.05) is 18.3 Å². The number of amides is 2. The largest absolute Gasteiger partial charge is 0.335 e. The van der Waals surface area contributed by atoms with Gasteiger partial charge in [0.15, 0.2) is 0 Å². The summed E-state index contributed by atoms with van der Waals surface area (Å²) in [5, 5.41) is 3.05. The Bertz CT molecular complexity index is 346. The van der Waals surface area contributed by atoms with Crippen LogP contribution in [-0.2, 0) is 0 Å². The second-order valence-electron chi connectivity index (χ2n) is 4.16. The quantitative estimate of drug-likeness (QED) is 0.831. The van der Waals surface area contributed by atoms with E-state index in [4.69, 9.17) is 0 Å². The molecule has 0 heterocycles. The zero-order valence-corrected chi connectivity index (χ0v) is 9.65. The van der Waals surface area contributed by atoms with Crippen molar-refractivity contribution in [2.75, 3.05) is 11.4 Å². The SMILES string of the molecule is CCN(C(=O)NC1CCC1)c1ccccc1. The Morgan fingerprint density at radius 2 is 2.06 bits per heavy atom. The average Bonchev–Trinajstić information content (AvgIpc) is 2.26. The van der Waals surface area contributed by atoms with Crippen molar-refractivity contribution in [3.8, 4) is 0 Å². The summed E-state index contributed by atoms with van der Waals surface area (Å²) < 4.78 is 0. The van der Waals surface area contributed by atoms with Crippen LogP contribution >= 0.6 is 0 Å². The molecule has 1 aliphatic carbocycles. The highest BCUT2D eigenvalue weighted by Gasteiger charge is 2.22. The lowest BCUT2D eigenvalue weighted by molar-refractivity contribution is 0.234. The summed E-state index contributed by atoms with van der Waals surface area (Å²) in [6.07, 6.45) is 3.48. The third kappa shape index (κ3) is 2.35. The topological polar surface area (TPSA) is 32.3 Å². The van der Waals surface area contributed by atoms with Gasteiger partial charge in [-0.2, -0.15) is 0 Å². The molecule has 0 bridgehead atoms. The number of carbonyl (C=O) groups is 1. The summed E-state index contributed by atoms with van der Waals surface area (Å²) in [4.78, 5) is 13.8. The minimum atomic E-state index is 0.0263. The molecular weight excluding hydrogens is 200 g/mol. The van der Waals surface area contributed by atoms with Crippen LogP contribution in [0.2, 0.25) is 0 Å². The Hall–Kier alpha value is -1.51. The maximum atomic E-state index is 12.0. The van der Waals surface area contributed by atoms with Gasteiger partial charge < -0.3 is 5.32 Å². The molecular formula is C13H18N2O. The molecule has 1 N–H and O–H groups in total. The first-order valence-corrected chi connectivity index (χ1v) is 5.94. The summed E-state index contributed by atoms with van der Waals surface area (Å²) >= 11 is 0. The molecule has 0 aromatic heterocycles. The molecule has 0 spiro atoms. The molecule has 16 heavy (non-hydrogen) atoms. The molecule has 2 amide bonds. The molecule has 1 fully saturated rings. The normalized spacial score (nSPS) is 15.3. The predicted octanol–water partition coefficient (Wildman–Crippen LogP) is 2.78. The molecule has 0 radical (unpaired) electrons. The Labute approximate surface area is 96.5 Å². The van der Waals surface area contributed by atoms with E-state index < -0.39 is 0 Å². The molecule has 3 heteroatoms. The number of rotatable bonds is 3. The summed E-state index contributed by atoms with van der Waals surface area (Å²) in [5.41, 5.74) is 0.960. The molecule has 2 rings (SSSR count). The Balaban J connectivity index is 2.01. The van der Waals surface area contributed by atoms with Crippen molar-refractivity contribution in [2.45, 2.75) is 32.2 Å². The number of nitrogens with zero attached hydrogens (tertiary/aromatic N) is 1. The van der Waals surface area contributed by atoms with Crippen LogP contribution in [0.5, 0.6) is 0 Å². The second kappa shape index (κ2) is 5.01. The van der Waals surface area contributed by atoms with Crippen LogP contribution in [-0.4, -0.2) is 18.6 Å². The van der Waals surface area contributed by atoms with E-state index in [1.54, 1.807) is 4.90 Å². The highest BCUT2D eigenvalue weighted by atomic mass is 16.2. The van der Waals surface area contributed by atoms with Crippen LogP contribution in [0.3, 0.4) is 0 Å². The van der Waals surface area contributed by atoms with E-state index in [0.717, 1.165) is 18.5 Å². The molecule has 0 unspecified atom stereocenters. The van der Waals surface area contributed by atoms with Gasteiger partial charge in [0.2, 0.25) is 0 Å². The van der Waals surface area contributed by atoms with Gasteiger partial charge in [0.05, 0.1) is 0 Å². The Morgan fingerprint density at radius 3 is 2.56 bits per heavy atom. The zero-order chi connectivity index (χ0) is 11.4. The monoisotopic (exact) mass is 218 g/mol. The fourth-order valence-corrected chi connectivity index (χ4v) is 1.86. The maximum absolute atomic E-state index is 12.0. The molecule has 1 saturated carbocycles. The van der Waals surface area contributed by atoms with Gasteiger partial charge in [0.25, 0.3) is 0 Å². The summed E-state index contributed by atoms with van der Waals surface area (Å²) in [7, 11) is 0. The molecule has 86 valence electrons. The van der Waals surface area contributed by atoms with E-state index in [1.165, 1.54) is 6.42 Å². The van der Waals surface area contributed by atoms with E-state index in [0.29, 0.717) is 12.6 Å². The predicted molar refractivity (Wildman–Crippen MR) is 65.6 cm³/mol. The first-order chi connectivity index (χ1) is 7.81. The Morgan fingerprint density at radius 1 is 1.38 bits per heavy atom. The van der Waals surface area contributed by atoms with Crippen LogP contribution in [0, 0.1) is 0 Å². The fourth-order valence-electron chi connectivity index (χ4n) is 1.86. The van der Waals surface area contributed by atoms with Gasteiger partial charge in [-0.05, 0) is 38.3 Å². The molecule has 0 aliphatic heterocycles. The van der Waals surface area contributed by atoms with E-state index in [9.17, 15) is 4.79 Å². The number of hydrogen-bond acceptors (Lipinski definition) is 1. The molecule has 1 aromatic rings. The van der Waals surface area contributed by atoms with Crippen molar-refractivity contribution in [3.63, 3.8) is 0 Å². The highest BCUT2D eigenvalue weighted by Crippen LogP contribution is 2.19. The maximum Gasteiger partial charge on any atom is 0.322 e. The van der Waals surface area contributed by atoms with Crippen molar-refractivity contribution in [1.29, 1.82) is 0 Å².